The number of aliphatic hydroxyl groups is 1. The minimum atomic E-state index is -0.656. The van der Waals surface area contributed by atoms with Crippen molar-refractivity contribution in [3.63, 3.8) is 0 Å². The average Bonchev–Trinajstić information content (AvgIpc) is 2.09. The Labute approximate surface area is 72.9 Å². The van der Waals surface area contributed by atoms with Gasteiger partial charge in [0.1, 0.15) is 6.79 Å². The molecule has 2 nitrogen and oxygen atoms in total. The van der Waals surface area contributed by atoms with Gasteiger partial charge in [-0.15, -0.1) is 6.58 Å². The Kier molecular flexibility index (Phi) is 4.97. The molecule has 0 bridgehead atoms. The Morgan fingerprint density at radius 2 is 2.17 bits per heavy atom. The zero-order valence-electron chi connectivity index (χ0n) is 7.07. The van der Waals surface area contributed by atoms with Gasteiger partial charge in [-0.25, -0.2) is 0 Å². The molecule has 0 radical (unpaired) electrons. The molecule has 66 valence electrons. The van der Waals surface area contributed by atoms with Crippen LogP contribution in [0.3, 0.4) is 0 Å². The van der Waals surface area contributed by atoms with Gasteiger partial charge in [0, 0.05) is 0 Å². The first-order chi connectivity index (χ1) is 5.77. The highest BCUT2D eigenvalue weighted by molar-refractivity contribution is 5.18. The van der Waals surface area contributed by atoms with Gasteiger partial charge in [-0.3, -0.25) is 0 Å². The quantitative estimate of drug-likeness (QED) is 0.633. The first-order valence-electron chi connectivity index (χ1n) is 3.73. The van der Waals surface area contributed by atoms with Crippen molar-refractivity contribution in [2.75, 3.05) is 0 Å². The second-order valence-corrected chi connectivity index (χ2v) is 2.59. The minimum Gasteiger partial charge on any atom is -0.385 e. The van der Waals surface area contributed by atoms with Crippen molar-refractivity contribution in [3.05, 3.63) is 37.0 Å². The van der Waals surface area contributed by atoms with Crippen LogP contribution in [0.5, 0.6) is 0 Å². The van der Waals surface area contributed by atoms with Crippen LogP contribution in [-0.2, 0) is 4.79 Å². The largest absolute Gasteiger partial charge is 0.385 e. The van der Waals surface area contributed by atoms with E-state index in [0.29, 0.717) is 12.8 Å². The summed E-state index contributed by atoms with van der Waals surface area (Å²) in [5.74, 6) is 0. The molecule has 0 aliphatic heterocycles. The van der Waals surface area contributed by atoms with Crippen LogP contribution < -0.4 is 0 Å². The Balaban J connectivity index is 0.000000561. The van der Waals surface area contributed by atoms with E-state index < -0.39 is 5.60 Å². The van der Waals surface area contributed by atoms with Gasteiger partial charge in [0.15, 0.2) is 0 Å². The van der Waals surface area contributed by atoms with Gasteiger partial charge in [-0.1, -0.05) is 30.4 Å². The molecule has 1 rings (SSSR count). The number of carbonyl (C=O) groups excluding carboxylic acids is 1. The van der Waals surface area contributed by atoms with E-state index in [1.807, 2.05) is 31.1 Å². The predicted molar refractivity (Wildman–Crippen MR) is 49.8 cm³/mol. The first-order valence-corrected chi connectivity index (χ1v) is 3.73. The Morgan fingerprint density at radius 3 is 2.58 bits per heavy atom. The van der Waals surface area contributed by atoms with Gasteiger partial charge in [-0.2, -0.15) is 0 Å². The summed E-state index contributed by atoms with van der Waals surface area (Å²) < 4.78 is 0. The van der Waals surface area contributed by atoms with Gasteiger partial charge in [0.25, 0.3) is 0 Å². The fourth-order valence-corrected chi connectivity index (χ4v) is 1.05. The maximum absolute atomic E-state index is 9.66. The van der Waals surface area contributed by atoms with E-state index in [0.717, 1.165) is 0 Å². The molecular formula is C10H14O2. The van der Waals surface area contributed by atoms with Gasteiger partial charge >= 0.3 is 0 Å². The zero-order chi connectivity index (χ0) is 9.45. The smallest absolute Gasteiger partial charge is 0.106 e. The molecule has 1 aliphatic carbocycles. The number of carbonyl (C=O) groups is 1. The maximum atomic E-state index is 9.66. The highest BCUT2D eigenvalue weighted by Gasteiger charge is 2.20. The van der Waals surface area contributed by atoms with Gasteiger partial charge < -0.3 is 9.90 Å². The average molecular weight is 166 g/mol. The van der Waals surface area contributed by atoms with Crippen LogP contribution in [0.2, 0.25) is 0 Å². The number of hydrogen-bond acceptors (Lipinski definition) is 2. The maximum Gasteiger partial charge on any atom is 0.106 e. The summed E-state index contributed by atoms with van der Waals surface area (Å²) in [6.45, 7) is 5.58. The molecule has 0 fully saturated rings. The molecule has 1 unspecified atom stereocenters. The molecule has 0 spiro atoms. The van der Waals surface area contributed by atoms with Crippen LogP contribution in [0.15, 0.2) is 37.0 Å². The van der Waals surface area contributed by atoms with E-state index in [2.05, 4.69) is 6.58 Å². The molecule has 0 amide bonds. The molecular weight excluding hydrogens is 152 g/mol. The monoisotopic (exact) mass is 166 g/mol. The topological polar surface area (TPSA) is 37.3 Å². The normalized spacial score (nSPS) is 25.8. The van der Waals surface area contributed by atoms with E-state index in [-0.39, 0.29) is 0 Å². The van der Waals surface area contributed by atoms with Gasteiger partial charge in [0.2, 0.25) is 0 Å². The summed E-state index contributed by atoms with van der Waals surface area (Å²) in [6, 6.07) is 0. The lowest BCUT2D eigenvalue weighted by Gasteiger charge is -2.22. The summed E-state index contributed by atoms with van der Waals surface area (Å²) in [5, 5.41) is 9.66. The van der Waals surface area contributed by atoms with Crippen molar-refractivity contribution >= 4 is 6.79 Å². The molecule has 0 saturated heterocycles. The van der Waals surface area contributed by atoms with Crippen molar-refractivity contribution in [1.82, 2.24) is 0 Å². The summed E-state index contributed by atoms with van der Waals surface area (Å²) in [7, 11) is 0. The van der Waals surface area contributed by atoms with Crippen LogP contribution in [-0.4, -0.2) is 17.5 Å². The van der Waals surface area contributed by atoms with Crippen LogP contribution >= 0.6 is 0 Å². The second kappa shape index (κ2) is 5.49. The van der Waals surface area contributed by atoms with E-state index in [4.69, 9.17) is 4.79 Å². The first kappa shape index (κ1) is 10.8. The van der Waals surface area contributed by atoms with Crippen molar-refractivity contribution in [3.8, 4) is 0 Å². The third kappa shape index (κ3) is 3.30. The predicted octanol–water partition coefficient (Wildman–Crippen LogP) is 1.62. The van der Waals surface area contributed by atoms with E-state index in [1.165, 1.54) is 0 Å². The van der Waals surface area contributed by atoms with Gasteiger partial charge in [-0.05, 0) is 12.8 Å². The van der Waals surface area contributed by atoms with Crippen molar-refractivity contribution in [1.29, 1.82) is 0 Å². The molecule has 1 atom stereocenters. The standard InChI is InChI=1S/C9H12O.CH2O/c1-2-6-9(10)7-4-3-5-8-9;1-2/h2-5,7,10H,1,6,8H2;1H2. The lowest BCUT2D eigenvalue weighted by molar-refractivity contribution is -0.0979. The van der Waals surface area contributed by atoms with Gasteiger partial charge in [0.05, 0.1) is 5.60 Å². The molecule has 0 heterocycles. The third-order valence-corrected chi connectivity index (χ3v) is 1.62. The fraction of sp³-hybridized carbons (Fsp3) is 0.300. The van der Waals surface area contributed by atoms with Crippen LogP contribution in [0.25, 0.3) is 0 Å². The molecule has 2 heteroatoms. The Bertz CT molecular complexity index is 190. The zero-order valence-corrected chi connectivity index (χ0v) is 7.07. The van der Waals surface area contributed by atoms with Crippen LogP contribution in [0.1, 0.15) is 12.8 Å². The summed E-state index contributed by atoms with van der Waals surface area (Å²) in [6.07, 6.45) is 10.7. The van der Waals surface area contributed by atoms with E-state index in [9.17, 15) is 5.11 Å². The number of rotatable bonds is 2. The van der Waals surface area contributed by atoms with Crippen molar-refractivity contribution in [2.45, 2.75) is 18.4 Å². The van der Waals surface area contributed by atoms with Crippen LogP contribution in [0.4, 0.5) is 0 Å². The highest BCUT2D eigenvalue weighted by atomic mass is 16.3. The van der Waals surface area contributed by atoms with E-state index >= 15 is 0 Å². The minimum absolute atomic E-state index is 0.633. The van der Waals surface area contributed by atoms with Crippen LogP contribution in [0, 0.1) is 0 Å². The molecule has 12 heavy (non-hydrogen) atoms. The molecule has 1 N–H and O–H groups in total. The highest BCUT2D eigenvalue weighted by Crippen LogP contribution is 2.21. The lowest BCUT2D eigenvalue weighted by Crippen LogP contribution is -2.24. The van der Waals surface area contributed by atoms with Crippen molar-refractivity contribution < 1.29 is 9.90 Å². The number of hydrogen-bond donors (Lipinski definition) is 1. The molecule has 0 aromatic heterocycles. The van der Waals surface area contributed by atoms with E-state index in [1.54, 1.807) is 6.08 Å². The Morgan fingerprint density at radius 1 is 1.50 bits per heavy atom. The molecule has 1 aliphatic rings. The summed E-state index contributed by atoms with van der Waals surface area (Å²) in [5.41, 5.74) is -0.656. The fourth-order valence-electron chi connectivity index (χ4n) is 1.05. The molecule has 0 saturated carbocycles. The SMILES string of the molecule is C=CCC1(O)C=CC=CC1.C=O. The summed E-state index contributed by atoms with van der Waals surface area (Å²) >= 11 is 0. The second-order valence-electron chi connectivity index (χ2n) is 2.59. The molecule has 0 aromatic carbocycles. The Hall–Kier alpha value is -1.15. The molecule has 0 aromatic rings. The summed E-state index contributed by atoms with van der Waals surface area (Å²) in [4.78, 5) is 8.00. The third-order valence-electron chi connectivity index (χ3n) is 1.62. The lowest BCUT2D eigenvalue weighted by atomic mass is 9.92. The number of allylic oxidation sites excluding steroid dienone is 2. The van der Waals surface area contributed by atoms with Crippen molar-refractivity contribution in [2.24, 2.45) is 0 Å².